The molecule has 36 heavy (non-hydrogen) atoms. The molecule has 0 amide bonds. The fourth-order valence-electron chi connectivity index (χ4n) is 4.55. The zero-order chi connectivity index (χ0) is 24.2. The lowest BCUT2D eigenvalue weighted by Gasteiger charge is -2.20. The minimum atomic E-state index is 0.349. The van der Waals surface area contributed by atoms with Crippen molar-refractivity contribution in [2.45, 2.75) is 32.3 Å². The highest BCUT2D eigenvalue weighted by Crippen LogP contribution is 2.33. The molecule has 0 radical (unpaired) electrons. The average molecular weight is 475 g/mol. The summed E-state index contributed by atoms with van der Waals surface area (Å²) in [5.41, 5.74) is 10.6. The molecule has 7 heteroatoms. The molecule has 1 N–H and O–H groups in total. The number of ether oxygens (including phenoxy) is 1. The molecule has 0 fully saturated rings. The van der Waals surface area contributed by atoms with E-state index >= 15 is 0 Å². The van der Waals surface area contributed by atoms with Gasteiger partial charge in [-0.1, -0.05) is 41.6 Å². The minimum Gasteiger partial charge on any atom is -0.487 e. The molecule has 0 aliphatic heterocycles. The van der Waals surface area contributed by atoms with E-state index in [0.29, 0.717) is 6.61 Å². The molecule has 6 rings (SSSR count). The Morgan fingerprint density at radius 3 is 2.61 bits per heavy atom. The molecule has 0 unspecified atom stereocenters. The molecule has 1 aliphatic carbocycles. The van der Waals surface area contributed by atoms with Crippen molar-refractivity contribution in [2.75, 3.05) is 5.43 Å². The van der Waals surface area contributed by atoms with Gasteiger partial charge in [0.25, 0.3) is 0 Å². The van der Waals surface area contributed by atoms with Gasteiger partial charge in [-0.25, -0.2) is 4.68 Å². The molecule has 0 bridgehead atoms. The number of pyridine rings is 1. The van der Waals surface area contributed by atoms with Crippen LogP contribution in [0.15, 0.2) is 90.2 Å². The number of para-hydroxylation sites is 2. The fraction of sp³-hybridized carbons (Fsp3) is 0.172. The minimum absolute atomic E-state index is 0.349. The third-order valence-corrected chi connectivity index (χ3v) is 6.39. The van der Waals surface area contributed by atoms with Crippen LogP contribution in [0.2, 0.25) is 0 Å². The van der Waals surface area contributed by atoms with Gasteiger partial charge in [0.05, 0.1) is 29.3 Å². The molecule has 5 aromatic rings. The second-order valence-corrected chi connectivity index (χ2v) is 8.85. The Labute approximate surface area is 209 Å². The molecule has 3 aromatic carbocycles. The SMILES string of the molecule is C(=NNc1c2c(nc3ccccc13)CCCC2)c1ccc(OCc2cn(-c3ccccc3)nn2)cc1. The fourth-order valence-corrected chi connectivity index (χ4v) is 4.55. The van der Waals surface area contributed by atoms with Crippen LogP contribution in [0.4, 0.5) is 5.69 Å². The number of hydrazone groups is 1. The monoisotopic (exact) mass is 474 g/mol. The number of anilines is 1. The van der Waals surface area contributed by atoms with Gasteiger partial charge in [-0.2, -0.15) is 5.10 Å². The summed E-state index contributed by atoms with van der Waals surface area (Å²) in [7, 11) is 0. The van der Waals surface area contributed by atoms with Gasteiger partial charge in [-0.15, -0.1) is 5.10 Å². The van der Waals surface area contributed by atoms with Gasteiger partial charge < -0.3 is 4.74 Å². The van der Waals surface area contributed by atoms with Gasteiger partial charge in [-0.05, 0) is 79.3 Å². The predicted octanol–water partition coefficient (Wildman–Crippen LogP) is 5.72. The van der Waals surface area contributed by atoms with Crippen LogP contribution in [0, 0.1) is 0 Å². The summed E-state index contributed by atoms with van der Waals surface area (Å²) < 4.78 is 7.64. The number of hydrogen-bond donors (Lipinski definition) is 1. The lowest BCUT2D eigenvalue weighted by atomic mass is 9.93. The Kier molecular flexibility index (Phi) is 6.10. The highest BCUT2D eigenvalue weighted by molar-refractivity contribution is 5.94. The molecule has 1 aliphatic rings. The van der Waals surface area contributed by atoms with Crippen molar-refractivity contribution in [2.24, 2.45) is 5.10 Å². The lowest BCUT2D eigenvalue weighted by molar-refractivity contribution is 0.301. The summed E-state index contributed by atoms with van der Waals surface area (Å²) in [6, 6.07) is 26.0. The highest BCUT2D eigenvalue weighted by atomic mass is 16.5. The number of benzene rings is 3. The van der Waals surface area contributed by atoms with E-state index in [1.54, 1.807) is 4.68 Å². The van der Waals surface area contributed by atoms with E-state index in [2.05, 4.69) is 39.0 Å². The number of rotatable bonds is 7. The zero-order valence-electron chi connectivity index (χ0n) is 19.8. The molecule has 2 heterocycles. The predicted molar refractivity (Wildman–Crippen MR) is 142 cm³/mol. The number of aromatic nitrogens is 4. The number of nitrogens with zero attached hydrogens (tertiary/aromatic N) is 5. The largest absolute Gasteiger partial charge is 0.487 e. The van der Waals surface area contributed by atoms with Crippen molar-refractivity contribution in [1.29, 1.82) is 0 Å². The Bertz CT molecular complexity index is 1510. The maximum atomic E-state index is 5.90. The maximum absolute atomic E-state index is 5.90. The third kappa shape index (κ3) is 4.68. The van der Waals surface area contributed by atoms with E-state index in [9.17, 15) is 0 Å². The van der Waals surface area contributed by atoms with Crippen molar-refractivity contribution >= 4 is 22.8 Å². The molecule has 0 atom stereocenters. The summed E-state index contributed by atoms with van der Waals surface area (Å²) in [6.45, 7) is 0.349. The van der Waals surface area contributed by atoms with E-state index < -0.39 is 0 Å². The number of aryl methyl sites for hydroxylation is 1. The summed E-state index contributed by atoms with van der Waals surface area (Å²) in [5, 5.41) is 14.1. The first-order valence-electron chi connectivity index (χ1n) is 12.2. The van der Waals surface area contributed by atoms with Gasteiger partial charge in [0, 0.05) is 11.1 Å². The Morgan fingerprint density at radius 1 is 0.917 bits per heavy atom. The van der Waals surface area contributed by atoms with E-state index in [0.717, 1.165) is 52.1 Å². The summed E-state index contributed by atoms with van der Waals surface area (Å²) >= 11 is 0. The normalized spacial score (nSPS) is 13.1. The van der Waals surface area contributed by atoms with Crippen LogP contribution in [0.1, 0.15) is 35.4 Å². The Balaban J connectivity index is 1.11. The van der Waals surface area contributed by atoms with Crippen molar-refractivity contribution in [1.82, 2.24) is 20.0 Å². The number of hydrogen-bond acceptors (Lipinski definition) is 6. The Hall–Kier alpha value is -4.52. The molecular formula is C29H26N6O. The topological polar surface area (TPSA) is 77.2 Å². The first-order chi connectivity index (χ1) is 17.8. The first-order valence-corrected chi connectivity index (χ1v) is 12.2. The van der Waals surface area contributed by atoms with E-state index in [-0.39, 0.29) is 0 Å². The smallest absolute Gasteiger partial charge is 0.134 e. The summed E-state index contributed by atoms with van der Waals surface area (Å²) in [4.78, 5) is 4.89. The van der Waals surface area contributed by atoms with Gasteiger partial charge in [0.1, 0.15) is 18.1 Å². The van der Waals surface area contributed by atoms with Crippen LogP contribution in [0.5, 0.6) is 5.75 Å². The van der Waals surface area contributed by atoms with Crippen LogP contribution < -0.4 is 10.2 Å². The molecule has 2 aromatic heterocycles. The van der Waals surface area contributed by atoms with Gasteiger partial charge in [0.15, 0.2) is 0 Å². The van der Waals surface area contributed by atoms with Crippen molar-refractivity contribution in [3.63, 3.8) is 0 Å². The maximum Gasteiger partial charge on any atom is 0.134 e. The van der Waals surface area contributed by atoms with Crippen LogP contribution >= 0.6 is 0 Å². The van der Waals surface area contributed by atoms with Crippen LogP contribution in [-0.2, 0) is 19.4 Å². The second-order valence-electron chi connectivity index (χ2n) is 8.85. The van der Waals surface area contributed by atoms with Crippen molar-refractivity contribution in [3.8, 4) is 11.4 Å². The number of fused-ring (bicyclic) bond motifs is 2. The van der Waals surface area contributed by atoms with Crippen LogP contribution in [0.25, 0.3) is 16.6 Å². The summed E-state index contributed by atoms with van der Waals surface area (Å²) in [6.07, 6.45) is 8.16. The molecule has 0 saturated carbocycles. The molecular weight excluding hydrogens is 448 g/mol. The molecule has 0 saturated heterocycles. The highest BCUT2D eigenvalue weighted by Gasteiger charge is 2.17. The summed E-state index contributed by atoms with van der Waals surface area (Å²) in [5.74, 6) is 0.767. The van der Waals surface area contributed by atoms with E-state index in [1.165, 1.54) is 24.1 Å². The standard InChI is InChI=1S/C29H26N6O/c1-2-8-23(9-3-1)35-19-22(32-34-35)20-36-24-16-14-21(15-17-24)18-30-33-29-25-10-4-6-12-27(25)31-28-13-7-5-11-26(28)29/h1-4,6,8-10,12,14-19H,5,7,11,13,20H2,(H,31,33). The zero-order valence-corrected chi connectivity index (χ0v) is 19.8. The van der Waals surface area contributed by atoms with E-state index in [4.69, 9.17) is 9.72 Å². The quantitative estimate of drug-likeness (QED) is 0.241. The molecule has 178 valence electrons. The molecule has 7 nitrogen and oxygen atoms in total. The number of nitrogens with one attached hydrogen (secondary N) is 1. The second kappa shape index (κ2) is 10.00. The van der Waals surface area contributed by atoms with Gasteiger partial charge >= 0.3 is 0 Å². The van der Waals surface area contributed by atoms with Crippen molar-refractivity contribution < 1.29 is 4.74 Å². The molecule has 0 spiro atoms. The van der Waals surface area contributed by atoms with Crippen LogP contribution in [-0.4, -0.2) is 26.2 Å². The average Bonchev–Trinajstić information content (AvgIpc) is 3.42. The van der Waals surface area contributed by atoms with Gasteiger partial charge in [0.2, 0.25) is 0 Å². The van der Waals surface area contributed by atoms with Crippen LogP contribution in [0.3, 0.4) is 0 Å². The Morgan fingerprint density at radius 2 is 1.72 bits per heavy atom. The third-order valence-electron chi connectivity index (χ3n) is 6.39. The van der Waals surface area contributed by atoms with Crippen molar-refractivity contribution in [3.05, 3.63) is 108 Å². The first kappa shape index (κ1) is 22.0. The van der Waals surface area contributed by atoms with Gasteiger partial charge in [-0.3, -0.25) is 10.4 Å². The van der Waals surface area contributed by atoms with E-state index in [1.807, 2.05) is 73.1 Å². The lowest BCUT2D eigenvalue weighted by Crippen LogP contribution is -2.09.